The van der Waals surface area contributed by atoms with E-state index in [4.69, 9.17) is 12.2 Å². The van der Waals surface area contributed by atoms with Crippen LogP contribution < -0.4 is 10.6 Å². The van der Waals surface area contributed by atoms with Crippen molar-refractivity contribution >= 4 is 34.4 Å². The molecule has 0 unspecified atom stereocenters. The molecule has 0 aliphatic rings. The Morgan fingerprint density at radius 3 is 2.41 bits per heavy atom. The summed E-state index contributed by atoms with van der Waals surface area (Å²) in [7, 11) is 0. The highest BCUT2D eigenvalue weighted by Crippen LogP contribution is 2.27. The highest BCUT2D eigenvalue weighted by atomic mass is 32.1. The molecule has 6 heteroatoms. The maximum atomic E-state index is 11.1. The number of hydrogen-bond donors (Lipinski definition) is 2. The second-order valence-electron chi connectivity index (χ2n) is 5.10. The summed E-state index contributed by atoms with van der Waals surface area (Å²) in [4.78, 5) is 10.7. The first-order chi connectivity index (χ1) is 10.4. The Labute approximate surface area is 134 Å². The molecule has 0 aromatic heterocycles. The molecule has 0 radical (unpaired) electrons. The van der Waals surface area contributed by atoms with Crippen molar-refractivity contribution in [3.63, 3.8) is 0 Å². The van der Waals surface area contributed by atoms with Crippen LogP contribution in [0, 0.1) is 30.9 Å². The lowest BCUT2D eigenvalue weighted by Gasteiger charge is -2.13. The lowest BCUT2D eigenvalue weighted by molar-refractivity contribution is -0.383. The van der Waals surface area contributed by atoms with E-state index in [9.17, 15) is 10.1 Å². The van der Waals surface area contributed by atoms with Crippen molar-refractivity contribution in [2.45, 2.75) is 20.8 Å². The number of nitro benzene ring substituents is 1. The molecule has 2 N–H and O–H groups in total. The number of rotatable bonds is 3. The van der Waals surface area contributed by atoms with Crippen LogP contribution >= 0.6 is 12.2 Å². The van der Waals surface area contributed by atoms with E-state index in [0.717, 1.165) is 16.8 Å². The molecule has 5 nitrogen and oxygen atoms in total. The van der Waals surface area contributed by atoms with Crippen LogP contribution in [0.2, 0.25) is 0 Å². The van der Waals surface area contributed by atoms with E-state index in [1.165, 1.54) is 11.6 Å². The number of aryl methyl sites for hydroxylation is 3. The van der Waals surface area contributed by atoms with Gasteiger partial charge in [0.2, 0.25) is 0 Å². The Kier molecular flexibility index (Phi) is 4.72. The van der Waals surface area contributed by atoms with Gasteiger partial charge in [0.15, 0.2) is 5.11 Å². The molecule has 114 valence electrons. The lowest BCUT2D eigenvalue weighted by atomic mass is 10.1. The number of hydrogen-bond acceptors (Lipinski definition) is 3. The second-order valence-corrected chi connectivity index (χ2v) is 5.51. The van der Waals surface area contributed by atoms with E-state index in [1.807, 2.05) is 32.0 Å². The fourth-order valence-corrected chi connectivity index (χ4v) is 2.28. The van der Waals surface area contributed by atoms with E-state index < -0.39 is 4.92 Å². The van der Waals surface area contributed by atoms with Gasteiger partial charge in [-0.3, -0.25) is 10.1 Å². The number of anilines is 2. The van der Waals surface area contributed by atoms with Crippen molar-refractivity contribution in [1.29, 1.82) is 0 Å². The standard InChI is InChI=1S/C16H17N3O2S/c1-10-7-8-13(9-12(10)3)17-16(22)18-15-11(2)5-4-6-14(15)19(20)21/h4-9H,1-3H3,(H2,17,18,22). The number of nitrogens with zero attached hydrogens (tertiary/aromatic N) is 1. The highest BCUT2D eigenvalue weighted by Gasteiger charge is 2.16. The van der Waals surface area contributed by atoms with Gasteiger partial charge in [0.1, 0.15) is 5.69 Å². The van der Waals surface area contributed by atoms with Crippen LogP contribution in [0.15, 0.2) is 36.4 Å². The summed E-state index contributed by atoms with van der Waals surface area (Å²) in [6, 6.07) is 10.8. The predicted octanol–water partition coefficient (Wildman–Crippen LogP) is 4.33. The first-order valence-electron chi connectivity index (χ1n) is 6.77. The maximum absolute atomic E-state index is 11.1. The van der Waals surface area contributed by atoms with Gasteiger partial charge in [0.25, 0.3) is 5.69 Å². The Morgan fingerprint density at radius 1 is 1.05 bits per heavy atom. The molecule has 0 fully saturated rings. The summed E-state index contributed by atoms with van der Waals surface area (Å²) in [6.45, 7) is 5.85. The molecule has 0 heterocycles. The van der Waals surface area contributed by atoms with E-state index in [2.05, 4.69) is 10.6 Å². The molecule has 0 spiro atoms. The van der Waals surface area contributed by atoms with E-state index in [-0.39, 0.29) is 5.69 Å². The lowest BCUT2D eigenvalue weighted by Crippen LogP contribution is -2.20. The largest absolute Gasteiger partial charge is 0.332 e. The van der Waals surface area contributed by atoms with Crippen molar-refractivity contribution in [3.8, 4) is 0 Å². The minimum Gasteiger partial charge on any atom is -0.332 e. The minimum absolute atomic E-state index is 0.00392. The molecule has 0 saturated carbocycles. The van der Waals surface area contributed by atoms with Gasteiger partial charge >= 0.3 is 0 Å². The van der Waals surface area contributed by atoms with Gasteiger partial charge in [-0.05, 0) is 61.8 Å². The summed E-state index contributed by atoms with van der Waals surface area (Å²) in [5.74, 6) is 0. The van der Waals surface area contributed by atoms with Crippen LogP contribution in [-0.4, -0.2) is 10.0 Å². The SMILES string of the molecule is Cc1ccc(NC(=S)Nc2c(C)cccc2[N+](=O)[O-])cc1C. The molecule has 0 bridgehead atoms. The predicted molar refractivity (Wildman–Crippen MR) is 93.6 cm³/mol. The van der Waals surface area contributed by atoms with Gasteiger partial charge in [-0.25, -0.2) is 0 Å². The Hall–Kier alpha value is -2.47. The van der Waals surface area contributed by atoms with Gasteiger partial charge in [-0.1, -0.05) is 18.2 Å². The summed E-state index contributed by atoms with van der Waals surface area (Å²) in [6.07, 6.45) is 0. The molecule has 0 atom stereocenters. The molecule has 0 aliphatic carbocycles. The fraction of sp³-hybridized carbons (Fsp3) is 0.188. The molecule has 0 saturated heterocycles. The second kappa shape index (κ2) is 6.53. The van der Waals surface area contributed by atoms with Gasteiger partial charge in [-0.2, -0.15) is 0 Å². The van der Waals surface area contributed by atoms with Crippen LogP contribution in [0.4, 0.5) is 17.1 Å². The number of para-hydroxylation sites is 1. The van der Waals surface area contributed by atoms with E-state index in [1.54, 1.807) is 19.1 Å². The minimum atomic E-state index is -0.423. The summed E-state index contributed by atoms with van der Waals surface area (Å²) >= 11 is 5.26. The molecule has 0 aliphatic heterocycles. The van der Waals surface area contributed by atoms with Crippen molar-refractivity contribution < 1.29 is 4.92 Å². The smallest absolute Gasteiger partial charge is 0.293 e. The van der Waals surface area contributed by atoms with Crippen LogP contribution in [0.3, 0.4) is 0 Å². The zero-order chi connectivity index (χ0) is 16.3. The Morgan fingerprint density at radius 2 is 1.77 bits per heavy atom. The number of benzene rings is 2. The average molecular weight is 315 g/mol. The van der Waals surface area contributed by atoms with Crippen molar-refractivity contribution in [2.24, 2.45) is 0 Å². The third-order valence-corrected chi connectivity index (χ3v) is 3.65. The summed E-state index contributed by atoms with van der Waals surface area (Å²) in [5.41, 5.74) is 4.36. The Bertz CT molecular complexity index is 744. The molecular weight excluding hydrogens is 298 g/mol. The summed E-state index contributed by atoms with van der Waals surface area (Å²) < 4.78 is 0. The van der Waals surface area contributed by atoms with Crippen molar-refractivity contribution in [3.05, 3.63) is 63.2 Å². The third-order valence-electron chi connectivity index (χ3n) is 3.45. The van der Waals surface area contributed by atoms with Gasteiger partial charge < -0.3 is 10.6 Å². The topological polar surface area (TPSA) is 67.2 Å². The van der Waals surface area contributed by atoms with Crippen molar-refractivity contribution in [2.75, 3.05) is 10.6 Å². The van der Waals surface area contributed by atoms with E-state index >= 15 is 0 Å². The number of nitro groups is 1. The first kappa shape index (κ1) is 15.9. The first-order valence-corrected chi connectivity index (χ1v) is 7.18. The molecule has 22 heavy (non-hydrogen) atoms. The normalized spacial score (nSPS) is 10.1. The highest BCUT2D eigenvalue weighted by molar-refractivity contribution is 7.80. The Balaban J connectivity index is 2.19. The van der Waals surface area contributed by atoms with Gasteiger partial charge in [0, 0.05) is 11.8 Å². The van der Waals surface area contributed by atoms with Crippen LogP contribution in [0.1, 0.15) is 16.7 Å². The number of thiocarbonyl (C=S) groups is 1. The molecule has 2 aromatic carbocycles. The van der Waals surface area contributed by atoms with E-state index in [0.29, 0.717) is 10.8 Å². The van der Waals surface area contributed by atoms with Crippen molar-refractivity contribution in [1.82, 2.24) is 0 Å². The molecule has 0 amide bonds. The fourth-order valence-electron chi connectivity index (χ4n) is 2.06. The van der Waals surface area contributed by atoms with Gasteiger partial charge in [0.05, 0.1) is 4.92 Å². The van der Waals surface area contributed by atoms with Crippen LogP contribution in [0.5, 0.6) is 0 Å². The zero-order valence-corrected chi connectivity index (χ0v) is 13.5. The third kappa shape index (κ3) is 3.59. The molecule has 2 aromatic rings. The number of nitrogens with one attached hydrogen (secondary N) is 2. The van der Waals surface area contributed by atoms with Crippen LogP contribution in [-0.2, 0) is 0 Å². The zero-order valence-electron chi connectivity index (χ0n) is 12.6. The summed E-state index contributed by atoms with van der Waals surface area (Å²) in [5, 5.41) is 17.4. The van der Waals surface area contributed by atoms with Gasteiger partial charge in [-0.15, -0.1) is 0 Å². The monoisotopic (exact) mass is 315 g/mol. The quantitative estimate of drug-likeness (QED) is 0.501. The average Bonchev–Trinajstić information content (AvgIpc) is 2.45. The molecular formula is C16H17N3O2S. The maximum Gasteiger partial charge on any atom is 0.293 e. The van der Waals surface area contributed by atoms with Crippen LogP contribution in [0.25, 0.3) is 0 Å². The molecule has 2 rings (SSSR count).